The van der Waals surface area contributed by atoms with Crippen LogP contribution in [0.3, 0.4) is 0 Å². The minimum Gasteiger partial charge on any atom is -0.460 e. The van der Waals surface area contributed by atoms with Crippen molar-refractivity contribution in [3.05, 3.63) is 11.7 Å². The summed E-state index contributed by atoms with van der Waals surface area (Å²) < 4.78 is 16.4. The van der Waals surface area contributed by atoms with Crippen molar-refractivity contribution in [1.29, 1.82) is 0 Å². The number of nitrogens with zero attached hydrogens (tertiary/aromatic N) is 2. The van der Waals surface area contributed by atoms with E-state index < -0.39 is 5.60 Å². The van der Waals surface area contributed by atoms with Gasteiger partial charge in [-0.2, -0.15) is 4.98 Å². The van der Waals surface area contributed by atoms with Crippen molar-refractivity contribution in [2.45, 2.75) is 104 Å². The van der Waals surface area contributed by atoms with Crippen LogP contribution in [0.2, 0.25) is 0 Å². The molecule has 1 atom stereocenters. The van der Waals surface area contributed by atoms with Crippen LogP contribution in [-0.2, 0) is 20.8 Å². The molecular formula is C23H41N3O4. The standard InChI is InChI=1S/C23H41N3O4/c1-5-28-15-14-24-17-20-25-22(30-26-20)19(16-21(27)29-23(2,3)4)13-9-12-18-10-7-6-8-11-18/h18-19,24H,5-17H2,1-4H3/t19-/m1/s1. The summed E-state index contributed by atoms with van der Waals surface area (Å²) in [5.74, 6) is 1.69. The monoisotopic (exact) mass is 423 g/mol. The number of ether oxygens (including phenoxy) is 2. The minimum atomic E-state index is -0.492. The van der Waals surface area contributed by atoms with Gasteiger partial charge in [-0.3, -0.25) is 4.79 Å². The zero-order chi connectivity index (χ0) is 21.8. The number of rotatable bonds is 13. The molecule has 2 rings (SSSR count). The Kier molecular flexibility index (Phi) is 10.8. The van der Waals surface area contributed by atoms with Crippen molar-refractivity contribution in [2.75, 3.05) is 19.8 Å². The average Bonchev–Trinajstić information content (AvgIpc) is 3.15. The summed E-state index contributed by atoms with van der Waals surface area (Å²) in [5, 5.41) is 7.34. The zero-order valence-corrected chi connectivity index (χ0v) is 19.4. The first kappa shape index (κ1) is 24.8. The molecule has 7 nitrogen and oxygen atoms in total. The van der Waals surface area contributed by atoms with E-state index in [2.05, 4.69) is 15.5 Å². The van der Waals surface area contributed by atoms with E-state index in [0.717, 1.165) is 25.3 Å². The number of hydrogen-bond acceptors (Lipinski definition) is 7. The van der Waals surface area contributed by atoms with E-state index in [4.69, 9.17) is 14.0 Å². The van der Waals surface area contributed by atoms with Crippen LogP contribution < -0.4 is 5.32 Å². The lowest BCUT2D eigenvalue weighted by atomic mass is 9.84. The Balaban J connectivity index is 1.89. The summed E-state index contributed by atoms with van der Waals surface area (Å²) in [4.78, 5) is 17.0. The lowest BCUT2D eigenvalue weighted by Crippen LogP contribution is -2.25. The third kappa shape index (κ3) is 10.0. The highest BCUT2D eigenvalue weighted by Gasteiger charge is 2.26. The Morgan fingerprint density at radius 2 is 2.03 bits per heavy atom. The number of esters is 1. The second-order valence-electron chi connectivity index (χ2n) is 9.34. The third-order valence-corrected chi connectivity index (χ3v) is 5.47. The predicted octanol–water partition coefficient (Wildman–Crippen LogP) is 4.76. The summed E-state index contributed by atoms with van der Waals surface area (Å²) >= 11 is 0. The van der Waals surface area contributed by atoms with Gasteiger partial charge in [0.1, 0.15) is 5.60 Å². The van der Waals surface area contributed by atoms with Crippen LogP contribution in [0.15, 0.2) is 4.52 Å². The van der Waals surface area contributed by atoms with E-state index in [1.807, 2.05) is 27.7 Å². The quantitative estimate of drug-likeness (QED) is 0.361. The summed E-state index contributed by atoms with van der Waals surface area (Å²) in [7, 11) is 0. The first-order valence-electron chi connectivity index (χ1n) is 11.7. The molecule has 0 saturated heterocycles. The molecule has 0 amide bonds. The first-order chi connectivity index (χ1) is 14.4. The van der Waals surface area contributed by atoms with E-state index in [-0.39, 0.29) is 18.3 Å². The molecule has 1 aliphatic rings. The summed E-state index contributed by atoms with van der Waals surface area (Å²) in [6.45, 7) is 10.3. The first-order valence-corrected chi connectivity index (χ1v) is 11.7. The topological polar surface area (TPSA) is 86.5 Å². The molecule has 0 spiro atoms. The number of aromatic nitrogens is 2. The molecule has 0 aromatic carbocycles. The van der Waals surface area contributed by atoms with E-state index in [1.165, 1.54) is 38.5 Å². The van der Waals surface area contributed by atoms with Crippen molar-refractivity contribution in [1.82, 2.24) is 15.5 Å². The van der Waals surface area contributed by atoms with Gasteiger partial charge < -0.3 is 19.3 Å². The Labute approximate surface area is 181 Å². The fourth-order valence-electron chi connectivity index (χ4n) is 4.02. The number of hydrogen-bond donors (Lipinski definition) is 1. The second kappa shape index (κ2) is 13.1. The number of nitrogens with one attached hydrogen (secondary N) is 1. The Bertz CT molecular complexity index is 606. The molecule has 0 aliphatic heterocycles. The highest BCUT2D eigenvalue weighted by molar-refractivity contribution is 5.70. The summed E-state index contributed by atoms with van der Waals surface area (Å²) in [6, 6.07) is 0. The fraction of sp³-hybridized carbons (Fsp3) is 0.870. The van der Waals surface area contributed by atoms with Crippen LogP contribution in [0.4, 0.5) is 0 Å². The SMILES string of the molecule is CCOCCNCc1noc([C@H](CCCC2CCCCC2)CC(=O)OC(C)(C)C)n1. The minimum absolute atomic E-state index is 0.0897. The molecule has 30 heavy (non-hydrogen) atoms. The average molecular weight is 424 g/mol. The maximum Gasteiger partial charge on any atom is 0.307 e. The Hall–Kier alpha value is -1.47. The molecule has 1 aromatic rings. The molecule has 1 saturated carbocycles. The number of carbonyl (C=O) groups excluding carboxylic acids is 1. The molecule has 0 unspecified atom stereocenters. The zero-order valence-electron chi connectivity index (χ0n) is 19.4. The largest absolute Gasteiger partial charge is 0.460 e. The molecular weight excluding hydrogens is 382 g/mol. The van der Waals surface area contributed by atoms with E-state index in [0.29, 0.717) is 31.5 Å². The van der Waals surface area contributed by atoms with Crippen molar-refractivity contribution < 1.29 is 18.8 Å². The third-order valence-electron chi connectivity index (χ3n) is 5.47. The molecule has 7 heteroatoms. The van der Waals surface area contributed by atoms with Crippen molar-refractivity contribution in [2.24, 2.45) is 5.92 Å². The van der Waals surface area contributed by atoms with Crippen LogP contribution in [0.1, 0.15) is 103 Å². The van der Waals surface area contributed by atoms with E-state index >= 15 is 0 Å². The van der Waals surface area contributed by atoms with Gasteiger partial charge >= 0.3 is 5.97 Å². The maximum atomic E-state index is 12.4. The normalized spacial score (nSPS) is 16.5. The van der Waals surface area contributed by atoms with Crippen molar-refractivity contribution in [3.63, 3.8) is 0 Å². The molecule has 0 radical (unpaired) electrons. The maximum absolute atomic E-state index is 12.4. The highest BCUT2D eigenvalue weighted by atomic mass is 16.6. The van der Waals surface area contributed by atoms with Crippen molar-refractivity contribution >= 4 is 5.97 Å². The molecule has 1 fully saturated rings. The molecule has 0 bridgehead atoms. The molecule has 1 aliphatic carbocycles. The van der Waals surface area contributed by atoms with Gasteiger partial charge in [0.25, 0.3) is 0 Å². The lowest BCUT2D eigenvalue weighted by molar-refractivity contribution is -0.155. The fourth-order valence-corrected chi connectivity index (χ4v) is 4.02. The van der Waals surface area contributed by atoms with Gasteiger partial charge in [0.05, 0.1) is 19.6 Å². The van der Waals surface area contributed by atoms with Gasteiger partial charge in [0.15, 0.2) is 5.82 Å². The van der Waals surface area contributed by atoms with Crippen LogP contribution >= 0.6 is 0 Å². The van der Waals surface area contributed by atoms with Crippen LogP contribution in [-0.4, -0.2) is 41.5 Å². The lowest BCUT2D eigenvalue weighted by Gasteiger charge is -2.23. The van der Waals surface area contributed by atoms with Gasteiger partial charge in [0, 0.05) is 19.1 Å². The second-order valence-corrected chi connectivity index (χ2v) is 9.34. The number of carbonyl (C=O) groups is 1. The summed E-state index contributed by atoms with van der Waals surface area (Å²) in [5.41, 5.74) is -0.492. The highest BCUT2D eigenvalue weighted by Crippen LogP contribution is 2.31. The van der Waals surface area contributed by atoms with Gasteiger partial charge in [-0.05, 0) is 40.0 Å². The summed E-state index contributed by atoms with van der Waals surface area (Å²) in [6.07, 6.45) is 10.2. The van der Waals surface area contributed by atoms with Gasteiger partial charge in [-0.1, -0.05) is 50.1 Å². The van der Waals surface area contributed by atoms with Gasteiger partial charge in [-0.15, -0.1) is 0 Å². The van der Waals surface area contributed by atoms with Crippen LogP contribution in [0.5, 0.6) is 0 Å². The Morgan fingerprint density at radius 1 is 1.27 bits per heavy atom. The molecule has 1 heterocycles. The Morgan fingerprint density at radius 3 is 2.73 bits per heavy atom. The molecule has 1 N–H and O–H groups in total. The van der Waals surface area contributed by atoms with Gasteiger partial charge in [-0.25, -0.2) is 0 Å². The van der Waals surface area contributed by atoms with Gasteiger partial charge in [0.2, 0.25) is 5.89 Å². The van der Waals surface area contributed by atoms with Crippen molar-refractivity contribution in [3.8, 4) is 0 Å². The molecule has 172 valence electrons. The molecule has 1 aromatic heterocycles. The van der Waals surface area contributed by atoms with E-state index in [9.17, 15) is 4.79 Å². The van der Waals surface area contributed by atoms with Crippen LogP contribution in [0.25, 0.3) is 0 Å². The smallest absolute Gasteiger partial charge is 0.307 e. The van der Waals surface area contributed by atoms with Crippen LogP contribution in [0, 0.1) is 5.92 Å². The predicted molar refractivity (Wildman–Crippen MR) is 116 cm³/mol. The van der Waals surface area contributed by atoms with E-state index in [1.54, 1.807) is 0 Å².